The Morgan fingerprint density at radius 3 is 2.84 bits per heavy atom. The molecule has 0 spiro atoms. The second-order valence-corrected chi connectivity index (χ2v) is 4.28. The third kappa shape index (κ3) is 2.82. The predicted octanol–water partition coefficient (Wildman–Crippen LogP) is 1.77. The predicted molar refractivity (Wildman–Crippen MR) is 64.6 cm³/mol. The van der Waals surface area contributed by atoms with E-state index in [0.717, 1.165) is 6.07 Å². The summed E-state index contributed by atoms with van der Waals surface area (Å²) in [5.41, 5.74) is -0.0954. The van der Waals surface area contributed by atoms with Gasteiger partial charge < -0.3 is 14.6 Å². The second kappa shape index (κ2) is 5.23. The number of carbonyl (C=O) groups is 1. The number of benzene rings is 1. The van der Waals surface area contributed by atoms with Crippen molar-refractivity contribution in [2.75, 3.05) is 13.2 Å². The van der Waals surface area contributed by atoms with E-state index in [-0.39, 0.29) is 23.1 Å². The molecule has 2 rings (SSSR count). The van der Waals surface area contributed by atoms with E-state index < -0.39 is 10.9 Å². The van der Waals surface area contributed by atoms with Crippen LogP contribution in [0.3, 0.4) is 0 Å². The Bertz CT molecular complexity index is 521. The summed E-state index contributed by atoms with van der Waals surface area (Å²) in [5, 5.41) is 19.9. The SMILES string of the molecule is Cc1c(OC2CCOC2)cc(C(=O)O)cc1[N+](=O)[O-]. The Morgan fingerprint density at radius 1 is 1.58 bits per heavy atom. The molecule has 1 fully saturated rings. The molecule has 0 aliphatic carbocycles. The fourth-order valence-corrected chi connectivity index (χ4v) is 1.89. The monoisotopic (exact) mass is 267 g/mol. The Balaban J connectivity index is 2.39. The first kappa shape index (κ1) is 13.3. The van der Waals surface area contributed by atoms with Crippen molar-refractivity contribution in [3.05, 3.63) is 33.4 Å². The normalized spacial score (nSPS) is 18.3. The lowest BCUT2D eigenvalue weighted by atomic mass is 10.1. The van der Waals surface area contributed by atoms with Crippen LogP contribution >= 0.6 is 0 Å². The van der Waals surface area contributed by atoms with Gasteiger partial charge in [-0.3, -0.25) is 10.1 Å². The highest BCUT2D eigenvalue weighted by molar-refractivity contribution is 5.89. The molecule has 7 heteroatoms. The number of hydrogen-bond acceptors (Lipinski definition) is 5. The van der Waals surface area contributed by atoms with Gasteiger partial charge in [-0.05, 0) is 13.0 Å². The molecule has 0 amide bonds. The minimum atomic E-state index is -1.23. The average molecular weight is 267 g/mol. The Hall–Kier alpha value is -2.15. The summed E-state index contributed by atoms with van der Waals surface area (Å²) in [6.45, 7) is 2.52. The molecule has 0 radical (unpaired) electrons. The minimum Gasteiger partial charge on any atom is -0.487 e. The lowest BCUT2D eigenvalue weighted by Crippen LogP contribution is -2.17. The van der Waals surface area contributed by atoms with Gasteiger partial charge in [0.2, 0.25) is 0 Å². The first-order chi connectivity index (χ1) is 8.99. The van der Waals surface area contributed by atoms with Crippen LogP contribution in [0.5, 0.6) is 5.75 Å². The number of nitro benzene ring substituents is 1. The van der Waals surface area contributed by atoms with Crippen LogP contribution < -0.4 is 4.74 Å². The number of carboxylic acids is 1. The molecule has 1 N–H and O–H groups in total. The van der Waals surface area contributed by atoms with Crippen LogP contribution in [-0.4, -0.2) is 35.3 Å². The van der Waals surface area contributed by atoms with Crippen molar-refractivity contribution < 1.29 is 24.3 Å². The molecule has 1 aromatic carbocycles. The number of ether oxygens (including phenoxy) is 2. The van der Waals surface area contributed by atoms with Gasteiger partial charge >= 0.3 is 5.97 Å². The van der Waals surface area contributed by atoms with E-state index in [9.17, 15) is 14.9 Å². The summed E-state index contributed by atoms with van der Waals surface area (Å²) in [6, 6.07) is 2.35. The van der Waals surface area contributed by atoms with Gasteiger partial charge in [-0.25, -0.2) is 4.79 Å². The lowest BCUT2D eigenvalue weighted by Gasteiger charge is -2.14. The first-order valence-electron chi connectivity index (χ1n) is 5.75. The minimum absolute atomic E-state index is 0.161. The zero-order valence-electron chi connectivity index (χ0n) is 10.3. The fourth-order valence-electron chi connectivity index (χ4n) is 1.89. The summed E-state index contributed by atoms with van der Waals surface area (Å²) in [4.78, 5) is 21.3. The van der Waals surface area contributed by atoms with Gasteiger partial charge in [-0.15, -0.1) is 0 Å². The number of carboxylic acid groups (broad SMARTS) is 1. The molecular formula is C12H13NO6. The van der Waals surface area contributed by atoms with Crippen molar-refractivity contribution in [2.45, 2.75) is 19.4 Å². The van der Waals surface area contributed by atoms with Gasteiger partial charge in [0.15, 0.2) is 0 Å². The zero-order valence-corrected chi connectivity index (χ0v) is 10.3. The van der Waals surface area contributed by atoms with Gasteiger partial charge in [0.05, 0.1) is 29.3 Å². The van der Waals surface area contributed by atoms with Crippen molar-refractivity contribution in [2.24, 2.45) is 0 Å². The summed E-state index contributed by atoms with van der Waals surface area (Å²) in [7, 11) is 0. The fraction of sp³-hybridized carbons (Fsp3) is 0.417. The van der Waals surface area contributed by atoms with Gasteiger partial charge in [0.1, 0.15) is 11.9 Å². The van der Waals surface area contributed by atoms with Crippen LogP contribution in [0.1, 0.15) is 22.3 Å². The van der Waals surface area contributed by atoms with Crippen molar-refractivity contribution >= 4 is 11.7 Å². The maximum Gasteiger partial charge on any atom is 0.336 e. The van der Waals surface area contributed by atoms with Crippen molar-refractivity contribution in [1.29, 1.82) is 0 Å². The molecule has 0 aromatic heterocycles. The standard InChI is InChI=1S/C12H13NO6/c1-7-10(13(16)17)4-8(12(14)15)5-11(7)19-9-2-3-18-6-9/h4-5,9H,2-3,6H2,1H3,(H,14,15). The number of hydrogen-bond donors (Lipinski definition) is 1. The molecule has 1 heterocycles. The number of nitrogens with zero attached hydrogens (tertiary/aromatic N) is 1. The van der Waals surface area contributed by atoms with Gasteiger partial charge in [0.25, 0.3) is 5.69 Å². The van der Waals surface area contributed by atoms with Crippen LogP contribution in [0.15, 0.2) is 12.1 Å². The summed E-state index contributed by atoms with van der Waals surface area (Å²) >= 11 is 0. The number of aromatic carboxylic acids is 1. The zero-order chi connectivity index (χ0) is 14.0. The lowest BCUT2D eigenvalue weighted by molar-refractivity contribution is -0.385. The summed E-state index contributed by atoms with van der Waals surface area (Å²) in [6.07, 6.45) is 0.493. The average Bonchev–Trinajstić information content (AvgIpc) is 2.83. The number of rotatable bonds is 4. The van der Waals surface area contributed by atoms with Crippen LogP contribution in [0.25, 0.3) is 0 Å². The quantitative estimate of drug-likeness (QED) is 0.659. The molecular weight excluding hydrogens is 254 g/mol. The third-order valence-electron chi connectivity index (χ3n) is 2.96. The molecule has 0 saturated carbocycles. The van der Waals surface area contributed by atoms with E-state index in [0.29, 0.717) is 25.2 Å². The van der Waals surface area contributed by atoms with Gasteiger partial charge in [-0.2, -0.15) is 0 Å². The summed E-state index contributed by atoms with van der Waals surface area (Å²) < 4.78 is 10.7. The van der Waals surface area contributed by atoms with E-state index in [1.807, 2.05) is 0 Å². The van der Waals surface area contributed by atoms with E-state index >= 15 is 0 Å². The summed E-state index contributed by atoms with van der Waals surface area (Å²) in [5.74, 6) is -1.00. The highest BCUT2D eigenvalue weighted by Gasteiger charge is 2.23. The maximum absolute atomic E-state index is 11.0. The van der Waals surface area contributed by atoms with E-state index in [2.05, 4.69) is 0 Å². The van der Waals surface area contributed by atoms with Crippen LogP contribution in [0, 0.1) is 17.0 Å². The molecule has 7 nitrogen and oxygen atoms in total. The molecule has 1 unspecified atom stereocenters. The first-order valence-corrected chi connectivity index (χ1v) is 5.75. The molecule has 1 atom stereocenters. The van der Waals surface area contributed by atoms with Crippen molar-refractivity contribution in [3.8, 4) is 5.75 Å². The van der Waals surface area contributed by atoms with Crippen LogP contribution in [0.4, 0.5) is 5.69 Å². The van der Waals surface area contributed by atoms with Crippen LogP contribution in [0.2, 0.25) is 0 Å². The molecule has 102 valence electrons. The third-order valence-corrected chi connectivity index (χ3v) is 2.96. The smallest absolute Gasteiger partial charge is 0.336 e. The molecule has 1 aromatic rings. The highest BCUT2D eigenvalue weighted by Crippen LogP contribution is 2.31. The molecule has 1 aliphatic rings. The molecule has 1 saturated heterocycles. The molecule has 19 heavy (non-hydrogen) atoms. The highest BCUT2D eigenvalue weighted by atomic mass is 16.6. The Morgan fingerprint density at radius 2 is 2.32 bits per heavy atom. The topological polar surface area (TPSA) is 98.9 Å². The number of nitro groups is 1. The van der Waals surface area contributed by atoms with E-state index in [4.69, 9.17) is 14.6 Å². The van der Waals surface area contributed by atoms with Gasteiger partial charge in [0, 0.05) is 12.5 Å². The Kier molecular flexibility index (Phi) is 3.66. The van der Waals surface area contributed by atoms with E-state index in [1.165, 1.54) is 13.0 Å². The molecule has 1 aliphatic heterocycles. The molecule has 0 bridgehead atoms. The van der Waals surface area contributed by atoms with Crippen molar-refractivity contribution in [1.82, 2.24) is 0 Å². The van der Waals surface area contributed by atoms with E-state index in [1.54, 1.807) is 0 Å². The van der Waals surface area contributed by atoms with Crippen molar-refractivity contribution in [3.63, 3.8) is 0 Å². The Labute approximate surface area is 108 Å². The second-order valence-electron chi connectivity index (χ2n) is 4.28. The largest absolute Gasteiger partial charge is 0.487 e. The van der Waals surface area contributed by atoms with Crippen LogP contribution in [-0.2, 0) is 4.74 Å². The van der Waals surface area contributed by atoms with Gasteiger partial charge in [-0.1, -0.05) is 0 Å². The maximum atomic E-state index is 11.0.